The number of anilines is 1. The van der Waals surface area contributed by atoms with E-state index in [1.54, 1.807) is 12.3 Å². The van der Waals surface area contributed by atoms with Crippen molar-refractivity contribution in [3.05, 3.63) is 48.3 Å². The molecule has 0 saturated heterocycles. The van der Waals surface area contributed by atoms with Gasteiger partial charge in [0.15, 0.2) is 5.65 Å². The van der Waals surface area contributed by atoms with Gasteiger partial charge in [0.2, 0.25) is 0 Å². The van der Waals surface area contributed by atoms with Crippen molar-refractivity contribution in [1.29, 1.82) is 0 Å². The van der Waals surface area contributed by atoms with Crippen LogP contribution in [-0.4, -0.2) is 20.6 Å². The number of pyridine rings is 1. The standard InChI is InChI=1S/C18H21N5O2/c24-18(19-12-14-8-5-11-25-14)20-15-9-4-10-23-16(21-22-17(15)23)13-6-2-1-3-7-13/h4-5,8-11,13H,1-3,6-7,12H2,(H2,19,20,24). The number of urea groups is 1. The average Bonchev–Trinajstić information content (AvgIpc) is 3.31. The molecule has 1 saturated carbocycles. The maximum absolute atomic E-state index is 12.1. The molecular formula is C18H21N5O2. The Kier molecular flexibility index (Phi) is 4.37. The first-order valence-corrected chi connectivity index (χ1v) is 8.72. The average molecular weight is 339 g/mol. The van der Waals surface area contributed by atoms with E-state index >= 15 is 0 Å². The SMILES string of the molecule is O=C(NCc1ccco1)Nc1cccn2c(C3CCCCC3)nnc12. The highest BCUT2D eigenvalue weighted by Gasteiger charge is 2.21. The highest BCUT2D eigenvalue weighted by Crippen LogP contribution is 2.32. The van der Waals surface area contributed by atoms with Crippen LogP contribution in [0.1, 0.15) is 49.6 Å². The fourth-order valence-corrected chi connectivity index (χ4v) is 3.42. The van der Waals surface area contributed by atoms with Crippen LogP contribution < -0.4 is 10.6 Å². The van der Waals surface area contributed by atoms with Gasteiger partial charge in [0.1, 0.15) is 11.6 Å². The Bertz CT molecular complexity index is 850. The van der Waals surface area contributed by atoms with Crippen LogP contribution in [0.5, 0.6) is 0 Å². The summed E-state index contributed by atoms with van der Waals surface area (Å²) in [7, 11) is 0. The highest BCUT2D eigenvalue weighted by molar-refractivity contribution is 5.92. The van der Waals surface area contributed by atoms with Gasteiger partial charge in [-0.2, -0.15) is 0 Å². The van der Waals surface area contributed by atoms with Crippen LogP contribution in [-0.2, 0) is 6.54 Å². The molecule has 1 aliphatic rings. The van der Waals surface area contributed by atoms with E-state index in [-0.39, 0.29) is 6.03 Å². The Hall–Kier alpha value is -2.83. The summed E-state index contributed by atoms with van der Waals surface area (Å²) in [6, 6.07) is 7.05. The molecule has 2 N–H and O–H groups in total. The van der Waals surface area contributed by atoms with E-state index in [9.17, 15) is 4.79 Å². The topological polar surface area (TPSA) is 84.5 Å². The lowest BCUT2D eigenvalue weighted by Crippen LogP contribution is -2.28. The van der Waals surface area contributed by atoms with E-state index in [1.807, 2.05) is 28.8 Å². The third kappa shape index (κ3) is 3.35. The third-order valence-electron chi connectivity index (χ3n) is 4.68. The van der Waals surface area contributed by atoms with Gasteiger partial charge >= 0.3 is 6.03 Å². The Morgan fingerprint density at radius 3 is 2.88 bits per heavy atom. The lowest BCUT2D eigenvalue weighted by Gasteiger charge is -2.19. The van der Waals surface area contributed by atoms with Crippen LogP contribution in [0.4, 0.5) is 10.5 Å². The molecule has 3 heterocycles. The second-order valence-electron chi connectivity index (χ2n) is 6.40. The van der Waals surface area contributed by atoms with Gasteiger partial charge in [-0.15, -0.1) is 10.2 Å². The summed E-state index contributed by atoms with van der Waals surface area (Å²) >= 11 is 0. The number of aromatic nitrogens is 3. The lowest BCUT2D eigenvalue weighted by atomic mass is 9.89. The molecule has 0 bridgehead atoms. The van der Waals surface area contributed by atoms with E-state index in [0.29, 0.717) is 29.6 Å². The second kappa shape index (κ2) is 6.96. The van der Waals surface area contributed by atoms with E-state index in [0.717, 1.165) is 18.7 Å². The largest absolute Gasteiger partial charge is 0.467 e. The van der Waals surface area contributed by atoms with Crippen LogP contribution in [0.25, 0.3) is 5.65 Å². The molecule has 0 aromatic carbocycles. The fourth-order valence-electron chi connectivity index (χ4n) is 3.42. The Morgan fingerprint density at radius 1 is 1.20 bits per heavy atom. The molecule has 7 heteroatoms. The van der Waals surface area contributed by atoms with Gasteiger partial charge in [0.05, 0.1) is 18.5 Å². The first-order valence-electron chi connectivity index (χ1n) is 8.72. The number of nitrogens with one attached hydrogen (secondary N) is 2. The molecule has 0 unspecified atom stereocenters. The molecular weight excluding hydrogens is 318 g/mol. The van der Waals surface area contributed by atoms with Crippen LogP contribution >= 0.6 is 0 Å². The van der Waals surface area contributed by atoms with E-state index in [1.165, 1.54) is 19.3 Å². The highest BCUT2D eigenvalue weighted by atomic mass is 16.3. The van der Waals surface area contributed by atoms with Crippen LogP contribution in [0.3, 0.4) is 0 Å². The minimum atomic E-state index is -0.299. The zero-order valence-electron chi connectivity index (χ0n) is 13.9. The van der Waals surface area contributed by atoms with Gasteiger partial charge in [-0.05, 0) is 37.1 Å². The minimum Gasteiger partial charge on any atom is -0.467 e. The number of carbonyl (C=O) groups is 1. The molecule has 1 fully saturated rings. The maximum atomic E-state index is 12.1. The summed E-state index contributed by atoms with van der Waals surface area (Å²) in [5.41, 5.74) is 1.32. The van der Waals surface area contributed by atoms with Crippen molar-refractivity contribution in [3.8, 4) is 0 Å². The summed E-state index contributed by atoms with van der Waals surface area (Å²) in [4.78, 5) is 12.1. The molecule has 3 aromatic heterocycles. The number of furan rings is 1. The molecule has 130 valence electrons. The predicted molar refractivity (Wildman–Crippen MR) is 93.4 cm³/mol. The van der Waals surface area contributed by atoms with Gasteiger partial charge in [-0.25, -0.2) is 4.79 Å². The van der Waals surface area contributed by atoms with Crippen molar-refractivity contribution in [2.24, 2.45) is 0 Å². The summed E-state index contributed by atoms with van der Waals surface area (Å²) in [5.74, 6) is 2.15. The third-order valence-corrected chi connectivity index (χ3v) is 4.68. The molecule has 2 amide bonds. The minimum absolute atomic E-state index is 0.299. The summed E-state index contributed by atoms with van der Waals surface area (Å²) in [5, 5.41) is 14.3. The summed E-state index contributed by atoms with van der Waals surface area (Å²) < 4.78 is 7.20. The molecule has 0 atom stereocenters. The van der Waals surface area contributed by atoms with Crippen molar-refractivity contribution >= 4 is 17.4 Å². The number of hydrogen-bond donors (Lipinski definition) is 2. The number of carbonyl (C=O) groups excluding carboxylic acids is 1. The molecule has 7 nitrogen and oxygen atoms in total. The van der Waals surface area contributed by atoms with Crippen molar-refractivity contribution < 1.29 is 9.21 Å². The second-order valence-corrected chi connectivity index (χ2v) is 6.40. The Morgan fingerprint density at radius 2 is 2.08 bits per heavy atom. The Balaban J connectivity index is 1.49. The number of hydrogen-bond acceptors (Lipinski definition) is 4. The zero-order chi connectivity index (χ0) is 17.1. The molecule has 3 aromatic rings. The van der Waals surface area contributed by atoms with Crippen molar-refractivity contribution in [3.63, 3.8) is 0 Å². The smallest absolute Gasteiger partial charge is 0.319 e. The van der Waals surface area contributed by atoms with E-state index in [4.69, 9.17) is 4.42 Å². The molecule has 4 rings (SSSR count). The van der Waals surface area contributed by atoms with Crippen LogP contribution in [0.2, 0.25) is 0 Å². The summed E-state index contributed by atoms with van der Waals surface area (Å²) in [6.07, 6.45) is 9.64. The molecule has 0 aliphatic heterocycles. The lowest BCUT2D eigenvalue weighted by molar-refractivity contribution is 0.251. The van der Waals surface area contributed by atoms with Gasteiger partial charge < -0.3 is 15.1 Å². The van der Waals surface area contributed by atoms with Gasteiger partial charge in [-0.1, -0.05) is 19.3 Å². The Labute approximate surface area is 145 Å². The number of nitrogens with zero attached hydrogens (tertiary/aromatic N) is 3. The maximum Gasteiger partial charge on any atom is 0.319 e. The molecule has 0 radical (unpaired) electrons. The van der Waals surface area contributed by atoms with Crippen LogP contribution in [0.15, 0.2) is 41.1 Å². The van der Waals surface area contributed by atoms with Gasteiger partial charge in [0, 0.05) is 12.1 Å². The quantitative estimate of drug-likeness (QED) is 0.759. The molecule has 1 aliphatic carbocycles. The van der Waals surface area contributed by atoms with Gasteiger partial charge in [0.25, 0.3) is 0 Å². The number of rotatable bonds is 4. The zero-order valence-corrected chi connectivity index (χ0v) is 13.9. The van der Waals surface area contributed by atoms with Crippen LogP contribution in [0, 0.1) is 0 Å². The van der Waals surface area contributed by atoms with Crippen molar-refractivity contribution in [2.75, 3.05) is 5.32 Å². The first kappa shape index (κ1) is 15.7. The number of fused-ring (bicyclic) bond motifs is 1. The normalized spacial score (nSPS) is 15.4. The van der Waals surface area contributed by atoms with E-state index < -0.39 is 0 Å². The fraction of sp³-hybridized carbons (Fsp3) is 0.389. The molecule has 25 heavy (non-hydrogen) atoms. The van der Waals surface area contributed by atoms with Crippen molar-refractivity contribution in [1.82, 2.24) is 19.9 Å². The first-order chi connectivity index (χ1) is 12.3. The monoisotopic (exact) mass is 339 g/mol. The molecule has 0 spiro atoms. The predicted octanol–water partition coefficient (Wildman–Crippen LogP) is 3.69. The van der Waals surface area contributed by atoms with E-state index in [2.05, 4.69) is 20.8 Å². The van der Waals surface area contributed by atoms with Gasteiger partial charge in [-0.3, -0.25) is 4.40 Å². The van der Waals surface area contributed by atoms with Crippen molar-refractivity contribution in [2.45, 2.75) is 44.6 Å². The summed E-state index contributed by atoms with van der Waals surface area (Å²) in [6.45, 7) is 0.335. The number of amides is 2.